The first-order valence-electron chi connectivity index (χ1n) is 10.3. The first kappa shape index (κ1) is 20.4. The van der Waals surface area contributed by atoms with Crippen molar-refractivity contribution in [1.29, 1.82) is 0 Å². The second-order valence-corrected chi connectivity index (χ2v) is 7.68. The van der Waals surface area contributed by atoms with Gasteiger partial charge in [-0.3, -0.25) is 0 Å². The summed E-state index contributed by atoms with van der Waals surface area (Å²) in [7, 11) is 1.31. The second kappa shape index (κ2) is 9.73. The Morgan fingerprint density at radius 3 is 2.29 bits per heavy atom. The number of ether oxygens (including phenoxy) is 1. The molecule has 1 fully saturated rings. The maximum Gasteiger partial charge on any atom is 0.201 e. The molecule has 0 heterocycles. The van der Waals surface area contributed by atoms with E-state index in [1.807, 2.05) is 12.1 Å². The van der Waals surface area contributed by atoms with E-state index in [2.05, 4.69) is 30.9 Å². The van der Waals surface area contributed by atoms with Crippen LogP contribution in [0.25, 0.3) is 0 Å². The molecule has 3 rings (SSSR count). The average molecular weight is 382 g/mol. The predicted octanol–water partition coefficient (Wildman–Crippen LogP) is 6.84. The van der Waals surface area contributed by atoms with Crippen molar-refractivity contribution in [2.45, 2.75) is 57.8 Å². The van der Waals surface area contributed by atoms with Crippen molar-refractivity contribution in [2.24, 2.45) is 5.92 Å². The lowest BCUT2D eigenvalue weighted by Gasteiger charge is -2.28. The summed E-state index contributed by atoms with van der Waals surface area (Å²) in [6.45, 7) is 2.26. The van der Waals surface area contributed by atoms with Crippen LogP contribution in [0.5, 0.6) is 5.75 Å². The Labute approximate surface area is 167 Å². The van der Waals surface area contributed by atoms with Gasteiger partial charge in [-0.1, -0.05) is 50.2 Å². The first-order chi connectivity index (χ1) is 13.6. The molecule has 0 spiro atoms. The fourth-order valence-corrected chi connectivity index (χ4v) is 4.04. The topological polar surface area (TPSA) is 9.23 Å². The highest BCUT2D eigenvalue weighted by molar-refractivity contribution is 5.46. The lowest BCUT2D eigenvalue weighted by molar-refractivity contribution is 0.304. The van der Waals surface area contributed by atoms with E-state index in [1.165, 1.54) is 69.8 Å². The van der Waals surface area contributed by atoms with Crippen LogP contribution in [-0.4, -0.2) is 7.11 Å². The van der Waals surface area contributed by atoms with Gasteiger partial charge in [0.2, 0.25) is 5.82 Å². The molecule has 0 saturated heterocycles. The van der Waals surface area contributed by atoms with E-state index in [-0.39, 0.29) is 11.3 Å². The molecular weight excluding hydrogens is 354 g/mol. The number of methoxy groups -OCH3 is 1. The summed E-state index contributed by atoms with van der Waals surface area (Å²) in [6, 6.07) is 11.0. The van der Waals surface area contributed by atoms with Crippen LogP contribution in [0, 0.1) is 29.4 Å². The highest BCUT2D eigenvalue weighted by atomic mass is 19.2. The molecule has 0 aliphatic heterocycles. The van der Waals surface area contributed by atoms with Gasteiger partial charge in [0.15, 0.2) is 11.6 Å². The monoisotopic (exact) mass is 382 g/mol. The minimum atomic E-state index is -1.00. The molecule has 0 aromatic heterocycles. The zero-order chi connectivity index (χ0) is 19.9. The molecule has 0 N–H and O–H groups in total. The van der Waals surface area contributed by atoms with Gasteiger partial charge in [0.25, 0.3) is 0 Å². The van der Waals surface area contributed by atoms with Crippen molar-refractivity contribution in [3.63, 3.8) is 0 Å². The molecule has 1 nitrogen and oxygen atoms in total. The first-order valence-corrected chi connectivity index (χ1v) is 10.3. The number of rotatable bonds is 5. The summed E-state index contributed by atoms with van der Waals surface area (Å²) < 4.78 is 32.6. The average Bonchev–Trinajstić information content (AvgIpc) is 2.74. The van der Waals surface area contributed by atoms with Gasteiger partial charge in [-0.2, -0.15) is 4.39 Å². The van der Waals surface area contributed by atoms with E-state index in [9.17, 15) is 8.78 Å². The third-order valence-corrected chi connectivity index (χ3v) is 5.80. The number of halogens is 2. The molecular formula is C25H28F2O. The largest absolute Gasteiger partial charge is 0.494 e. The molecule has 0 bridgehead atoms. The van der Waals surface area contributed by atoms with E-state index >= 15 is 0 Å². The highest BCUT2D eigenvalue weighted by Gasteiger charge is 2.21. The minimum Gasteiger partial charge on any atom is -0.494 e. The smallest absolute Gasteiger partial charge is 0.201 e. The number of hydrogen-bond donors (Lipinski definition) is 0. The van der Waals surface area contributed by atoms with Gasteiger partial charge in [0, 0.05) is 5.56 Å². The Morgan fingerprint density at radius 1 is 0.929 bits per heavy atom. The van der Waals surface area contributed by atoms with Crippen molar-refractivity contribution >= 4 is 0 Å². The Hall–Kier alpha value is -2.34. The van der Waals surface area contributed by atoms with E-state index in [0.29, 0.717) is 5.92 Å². The quantitative estimate of drug-likeness (QED) is 0.515. The second-order valence-electron chi connectivity index (χ2n) is 7.68. The SMILES string of the molecule is CCCCC1CCC(c2ccc(C#Cc3ccc(OC)c(F)c3F)cc2)CC1. The predicted molar refractivity (Wildman–Crippen MR) is 110 cm³/mol. The molecule has 1 aliphatic carbocycles. The Bertz CT molecular complexity index is 837. The summed E-state index contributed by atoms with van der Waals surface area (Å²) in [5, 5.41) is 0. The number of benzene rings is 2. The zero-order valence-electron chi connectivity index (χ0n) is 16.7. The maximum atomic E-state index is 14.0. The van der Waals surface area contributed by atoms with Crippen LogP contribution >= 0.6 is 0 Å². The number of unbranched alkanes of at least 4 members (excludes halogenated alkanes) is 1. The van der Waals surface area contributed by atoms with Gasteiger partial charge in [0.1, 0.15) is 0 Å². The molecule has 1 saturated carbocycles. The van der Waals surface area contributed by atoms with Crippen LogP contribution in [0.4, 0.5) is 8.78 Å². The van der Waals surface area contributed by atoms with E-state index in [4.69, 9.17) is 4.74 Å². The molecule has 2 aromatic carbocycles. The molecule has 0 radical (unpaired) electrons. The maximum absolute atomic E-state index is 14.0. The lowest BCUT2D eigenvalue weighted by Crippen LogP contribution is -2.13. The third kappa shape index (κ3) is 4.93. The molecule has 2 aromatic rings. The Kier molecular flexibility index (Phi) is 7.09. The molecule has 0 atom stereocenters. The van der Waals surface area contributed by atoms with Gasteiger partial charge < -0.3 is 4.74 Å². The van der Waals surface area contributed by atoms with Crippen LogP contribution in [0.3, 0.4) is 0 Å². The summed E-state index contributed by atoms with van der Waals surface area (Å²) in [5.41, 5.74) is 2.20. The summed E-state index contributed by atoms with van der Waals surface area (Å²) in [6.07, 6.45) is 9.19. The molecule has 0 amide bonds. The summed E-state index contributed by atoms with van der Waals surface area (Å²) >= 11 is 0. The van der Waals surface area contributed by atoms with E-state index in [0.717, 1.165) is 11.5 Å². The van der Waals surface area contributed by atoms with Gasteiger partial charge in [-0.15, -0.1) is 0 Å². The van der Waals surface area contributed by atoms with E-state index in [1.54, 1.807) is 0 Å². The van der Waals surface area contributed by atoms with Gasteiger partial charge in [0.05, 0.1) is 12.7 Å². The van der Waals surface area contributed by atoms with Crippen molar-refractivity contribution in [3.8, 4) is 17.6 Å². The van der Waals surface area contributed by atoms with Gasteiger partial charge in [-0.25, -0.2) is 4.39 Å². The van der Waals surface area contributed by atoms with Crippen molar-refractivity contribution in [1.82, 2.24) is 0 Å². The van der Waals surface area contributed by atoms with Crippen LogP contribution in [-0.2, 0) is 0 Å². The van der Waals surface area contributed by atoms with Crippen LogP contribution in [0.1, 0.15) is 74.5 Å². The van der Waals surface area contributed by atoms with E-state index < -0.39 is 11.6 Å². The highest BCUT2D eigenvalue weighted by Crippen LogP contribution is 2.37. The minimum absolute atomic E-state index is 0.0350. The Balaban J connectivity index is 1.63. The summed E-state index contributed by atoms with van der Waals surface area (Å²) in [5.74, 6) is 5.11. The Morgan fingerprint density at radius 2 is 1.64 bits per heavy atom. The van der Waals surface area contributed by atoms with Crippen molar-refractivity contribution in [3.05, 3.63) is 64.7 Å². The fraction of sp³-hybridized carbons (Fsp3) is 0.440. The van der Waals surface area contributed by atoms with Crippen LogP contribution in [0.2, 0.25) is 0 Å². The third-order valence-electron chi connectivity index (χ3n) is 5.80. The normalized spacial score (nSPS) is 19.0. The van der Waals surface area contributed by atoms with Crippen molar-refractivity contribution in [2.75, 3.05) is 7.11 Å². The van der Waals surface area contributed by atoms with Crippen molar-refractivity contribution < 1.29 is 13.5 Å². The molecule has 0 unspecified atom stereocenters. The van der Waals surface area contributed by atoms with Gasteiger partial charge in [-0.05, 0) is 67.3 Å². The van der Waals surface area contributed by atoms with Crippen LogP contribution < -0.4 is 4.74 Å². The fourth-order valence-electron chi connectivity index (χ4n) is 4.04. The lowest BCUT2D eigenvalue weighted by atomic mass is 9.77. The summed E-state index contributed by atoms with van der Waals surface area (Å²) in [4.78, 5) is 0. The number of hydrogen-bond acceptors (Lipinski definition) is 1. The standard InChI is InChI=1S/C25H28F2O/c1-3-4-5-18-6-11-20(12-7-18)21-13-8-19(9-14-21)10-15-22-16-17-23(28-2)25(27)24(22)26/h8-9,13-14,16-18,20H,3-7,11-12H2,1-2H3. The molecule has 28 heavy (non-hydrogen) atoms. The van der Waals surface area contributed by atoms with Gasteiger partial charge >= 0.3 is 0 Å². The van der Waals surface area contributed by atoms with Crippen LogP contribution in [0.15, 0.2) is 36.4 Å². The molecule has 1 aliphatic rings. The molecule has 3 heteroatoms. The molecule has 148 valence electrons. The zero-order valence-corrected chi connectivity index (χ0v) is 16.7.